The van der Waals surface area contributed by atoms with E-state index in [1.54, 1.807) is 0 Å². The second-order valence-electron chi connectivity index (χ2n) is 8.73. The number of benzene rings is 1. The fourth-order valence-electron chi connectivity index (χ4n) is 3.40. The number of esters is 1. The standard InChI is InChI=1S/C22H29N5O4/c1-13-11-15-16(12-14(13)2)27(19-18(24-15)20(29)26-21(30)25-19)10-9-23-8-6-7-17(28)31-22(3,4)5/h11-12,23H,6-10H2,1-5H3,(H,26,29,30)/p+1. The van der Waals surface area contributed by atoms with Crippen LogP contribution in [0.5, 0.6) is 0 Å². The third-order valence-electron chi connectivity index (χ3n) is 4.95. The average molecular weight is 429 g/mol. The van der Waals surface area contributed by atoms with Crippen LogP contribution in [0.15, 0.2) is 21.7 Å². The summed E-state index contributed by atoms with van der Waals surface area (Å²) in [4.78, 5) is 45.4. The van der Waals surface area contributed by atoms with Gasteiger partial charge in [-0.05, 0) is 70.8 Å². The van der Waals surface area contributed by atoms with Gasteiger partial charge in [0.05, 0.1) is 0 Å². The van der Waals surface area contributed by atoms with Crippen molar-refractivity contribution in [3.63, 3.8) is 0 Å². The molecule has 2 aromatic heterocycles. The third kappa shape index (κ3) is 5.55. The Labute approximate surface area is 179 Å². The van der Waals surface area contributed by atoms with E-state index in [9.17, 15) is 14.4 Å². The number of hydrogen-bond acceptors (Lipinski definition) is 6. The fraction of sp³-hybridized carbons (Fsp3) is 0.500. The molecule has 0 aliphatic rings. The number of carbonyl (C=O) groups is 1. The Hall–Kier alpha value is -3.07. The first kappa shape index (κ1) is 22.6. The first-order valence-corrected chi connectivity index (χ1v) is 10.4. The maximum absolute atomic E-state index is 12.3. The monoisotopic (exact) mass is 428 g/mol. The van der Waals surface area contributed by atoms with E-state index in [-0.39, 0.29) is 11.5 Å². The minimum absolute atomic E-state index is 0.195. The highest BCUT2D eigenvalue weighted by molar-refractivity contribution is 5.80. The molecule has 0 radical (unpaired) electrons. The molecule has 0 aliphatic heterocycles. The molecule has 0 aliphatic carbocycles. The van der Waals surface area contributed by atoms with E-state index >= 15 is 0 Å². The fourth-order valence-corrected chi connectivity index (χ4v) is 3.40. The van der Waals surface area contributed by atoms with Crippen LogP contribution >= 0.6 is 0 Å². The van der Waals surface area contributed by atoms with E-state index in [4.69, 9.17) is 4.74 Å². The van der Waals surface area contributed by atoms with Gasteiger partial charge in [-0.25, -0.2) is 14.3 Å². The van der Waals surface area contributed by atoms with Crippen molar-refractivity contribution >= 4 is 28.2 Å². The van der Waals surface area contributed by atoms with Gasteiger partial charge in [-0.3, -0.25) is 14.6 Å². The van der Waals surface area contributed by atoms with Crippen LogP contribution in [0.3, 0.4) is 0 Å². The SMILES string of the molecule is Cc1cc2nc3c(=O)[nH]c(=O)[nH]c3[n+](CCNCCCC(=O)OC(C)(C)C)c2cc1C. The molecule has 0 spiro atoms. The molecule has 9 heteroatoms. The minimum Gasteiger partial charge on any atom is -0.460 e. The van der Waals surface area contributed by atoms with Gasteiger partial charge in [0.25, 0.3) is 5.56 Å². The van der Waals surface area contributed by atoms with Crippen molar-refractivity contribution < 1.29 is 14.1 Å². The summed E-state index contributed by atoms with van der Waals surface area (Å²) in [6.07, 6.45) is 1.01. The molecule has 3 rings (SSSR count). The van der Waals surface area contributed by atoms with Crippen molar-refractivity contribution in [2.45, 2.75) is 59.6 Å². The van der Waals surface area contributed by atoms with Gasteiger partial charge in [-0.2, -0.15) is 4.98 Å². The quantitative estimate of drug-likeness (QED) is 0.226. The number of nitrogens with one attached hydrogen (secondary N) is 3. The Bertz CT molecular complexity index is 1240. The molecule has 1 aromatic carbocycles. The molecular weight excluding hydrogens is 398 g/mol. The van der Waals surface area contributed by atoms with Crippen LogP contribution in [-0.2, 0) is 16.1 Å². The lowest BCUT2D eigenvalue weighted by Crippen LogP contribution is -2.44. The zero-order chi connectivity index (χ0) is 22.8. The van der Waals surface area contributed by atoms with E-state index in [0.717, 1.165) is 16.6 Å². The number of aromatic nitrogens is 4. The number of rotatable bonds is 7. The highest BCUT2D eigenvalue weighted by Crippen LogP contribution is 2.16. The smallest absolute Gasteiger partial charge is 0.413 e. The van der Waals surface area contributed by atoms with Gasteiger partial charge in [0.15, 0.2) is 5.52 Å². The Kier molecular flexibility index (Phi) is 6.54. The topological polar surface area (TPSA) is 121 Å². The van der Waals surface area contributed by atoms with Gasteiger partial charge in [-0.1, -0.05) is 0 Å². The average Bonchev–Trinajstić information content (AvgIpc) is 2.64. The number of aromatic amines is 2. The van der Waals surface area contributed by atoms with Gasteiger partial charge in [-0.15, -0.1) is 0 Å². The summed E-state index contributed by atoms with van der Waals surface area (Å²) in [6.45, 7) is 11.3. The number of carbonyl (C=O) groups excluding carboxylic acids is 1. The molecule has 2 heterocycles. The van der Waals surface area contributed by atoms with Crippen molar-refractivity contribution in [2.75, 3.05) is 13.1 Å². The van der Waals surface area contributed by atoms with Crippen molar-refractivity contribution in [3.05, 3.63) is 44.1 Å². The Balaban J connectivity index is 1.77. The summed E-state index contributed by atoms with van der Waals surface area (Å²) in [7, 11) is 0. The number of ether oxygens (including phenoxy) is 1. The van der Waals surface area contributed by atoms with Crippen LogP contribution in [0, 0.1) is 13.8 Å². The lowest BCUT2D eigenvalue weighted by atomic mass is 10.1. The Morgan fingerprint density at radius 3 is 2.55 bits per heavy atom. The molecular formula is C22H30N5O4+. The van der Waals surface area contributed by atoms with Crippen LogP contribution in [0.1, 0.15) is 44.7 Å². The van der Waals surface area contributed by atoms with E-state index < -0.39 is 16.9 Å². The molecule has 31 heavy (non-hydrogen) atoms. The minimum atomic E-state index is -0.568. The van der Waals surface area contributed by atoms with Gasteiger partial charge in [0.1, 0.15) is 17.7 Å². The van der Waals surface area contributed by atoms with Gasteiger partial charge < -0.3 is 10.1 Å². The highest BCUT2D eigenvalue weighted by atomic mass is 16.6. The molecule has 0 amide bonds. The van der Waals surface area contributed by atoms with Crippen LogP contribution in [0.25, 0.3) is 22.2 Å². The molecule has 166 valence electrons. The van der Waals surface area contributed by atoms with Gasteiger partial charge in [0, 0.05) is 13.0 Å². The lowest BCUT2D eigenvalue weighted by molar-refractivity contribution is -0.645. The van der Waals surface area contributed by atoms with Crippen LogP contribution in [-0.4, -0.2) is 39.6 Å². The molecule has 3 aromatic rings. The molecule has 0 fully saturated rings. The first-order valence-electron chi connectivity index (χ1n) is 10.4. The zero-order valence-corrected chi connectivity index (χ0v) is 18.7. The first-order chi connectivity index (χ1) is 14.5. The zero-order valence-electron chi connectivity index (χ0n) is 18.7. The lowest BCUT2D eigenvalue weighted by Gasteiger charge is -2.19. The number of fused-ring (bicyclic) bond motifs is 2. The maximum atomic E-state index is 12.3. The summed E-state index contributed by atoms with van der Waals surface area (Å²) in [5.74, 6) is -0.211. The van der Waals surface area contributed by atoms with E-state index in [2.05, 4.69) is 20.3 Å². The van der Waals surface area contributed by atoms with Crippen molar-refractivity contribution in [1.29, 1.82) is 0 Å². The highest BCUT2D eigenvalue weighted by Gasteiger charge is 2.19. The third-order valence-corrected chi connectivity index (χ3v) is 4.95. The van der Waals surface area contributed by atoms with E-state index in [1.807, 2.05) is 51.3 Å². The number of hydrogen-bond donors (Lipinski definition) is 3. The van der Waals surface area contributed by atoms with Crippen LogP contribution in [0.4, 0.5) is 0 Å². The number of aryl methyl sites for hydroxylation is 2. The van der Waals surface area contributed by atoms with E-state index in [0.29, 0.717) is 43.6 Å². The van der Waals surface area contributed by atoms with Crippen LogP contribution < -0.4 is 21.1 Å². The maximum Gasteiger partial charge on any atom is 0.413 e. The molecule has 0 saturated carbocycles. The summed E-state index contributed by atoms with van der Waals surface area (Å²) in [5.41, 5.74) is 2.73. The molecule has 0 atom stereocenters. The summed E-state index contributed by atoms with van der Waals surface area (Å²) in [6, 6.07) is 3.96. The second-order valence-corrected chi connectivity index (χ2v) is 8.73. The predicted molar refractivity (Wildman–Crippen MR) is 118 cm³/mol. The Morgan fingerprint density at radius 1 is 1.13 bits per heavy atom. The van der Waals surface area contributed by atoms with E-state index in [1.165, 1.54) is 0 Å². The number of H-pyrrole nitrogens is 2. The molecule has 0 unspecified atom stereocenters. The summed E-state index contributed by atoms with van der Waals surface area (Å²) >= 11 is 0. The van der Waals surface area contributed by atoms with Crippen LogP contribution in [0.2, 0.25) is 0 Å². The van der Waals surface area contributed by atoms with Crippen molar-refractivity contribution in [1.82, 2.24) is 20.3 Å². The van der Waals surface area contributed by atoms with Gasteiger partial charge in [0.2, 0.25) is 5.52 Å². The predicted octanol–water partition coefficient (Wildman–Crippen LogP) is 1.38. The second kappa shape index (κ2) is 8.97. The molecule has 0 saturated heterocycles. The van der Waals surface area contributed by atoms with Crippen molar-refractivity contribution in [2.24, 2.45) is 0 Å². The molecule has 0 bridgehead atoms. The summed E-state index contributed by atoms with van der Waals surface area (Å²) < 4.78 is 7.21. The number of nitrogens with zero attached hydrogens (tertiary/aromatic N) is 2. The normalized spacial score (nSPS) is 11.9. The van der Waals surface area contributed by atoms with Crippen molar-refractivity contribution in [3.8, 4) is 0 Å². The Morgan fingerprint density at radius 2 is 1.84 bits per heavy atom. The largest absolute Gasteiger partial charge is 0.460 e. The van der Waals surface area contributed by atoms with Gasteiger partial charge >= 0.3 is 17.3 Å². The molecule has 9 nitrogen and oxygen atoms in total. The molecule has 3 N–H and O–H groups in total. The summed E-state index contributed by atoms with van der Waals surface area (Å²) in [5, 5.41) is 3.31.